The van der Waals surface area contributed by atoms with E-state index in [1.54, 1.807) is 0 Å². The average molecular weight is 319 g/mol. The van der Waals surface area contributed by atoms with Crippen LogP contribution in [0.3, 0.4) is 0 Å². The Kier molecular flexibility index (Phi) is 3.61. The van der Waals surface area contributed by atoms with Crippen molar-refractivity contribution in [3.8, 4) is 0 Å². The second kappa shape index (κ2) is 4.96. The number of nitrogens with one attached hydrogen (secondary N) is 2. The highest BCUT2D eigenvalue weighted by molar-refractivity contribution is 14.1. The normalized spacial score (nSPS) is 17.7. The van der Waals surface area contributed by atoms with E-state index in [9.17, 15) is 4.79 Å². The van der Waals surface area contributed by atoms with Gasteiger partial charge in [-0.25, -0.2) is 4.98 Å². The van der Waals surface area contributed by atoms with Crippen LogP contribution in [0.1, 0.15) is 32.1 Å². The number of aromatic nitrogens is 2. The summed E-state index contributed by atoms with van der Waals surface area (Å²) in [6, 6.07) is 0.488. The quantitative estimate of drug-likeness (QED) is 0.821. The number of nitrogens with zero attached hydrogens (tertiary/aromatic N) is 1. The first-order valence-electron chi connectivity index (χ1n) is 5.27. The molecule has 0 atom stereocenters. The van der Waals surface area contributed by atoms with Crippen molar-refractivity contribution in [2.45, 2.75) is 38.1 Å². The standard InChI is InChI=1S/C10H14IN3O/c11-8-9(12-6-13-10(8)15)14-7-4-2-1-3-5-7/h6-7H,1-5H2,(H2,12,13,14,15). The smallest absolute Gasteiger partial charge is 0.266 e. The third-order valence-electron chi connectivity index (χ3n) is 2.74. The van der Waals surface area contributed by atoms with Gasteiger partial charge in [0.15, 0.2) is 0 Å². The van der Waals surface area contributed by atoms with E-state index >= 15 is 0 Å². The van der Waals surface area contributed by atoms with Crippen molar-refractivity contribution in [1.29, 1.82) is 0 Å². The maximum absolute atomic E-state index is 11.3. The lowest BCUT2D eigenvalue weighted by atomic mass is 9.95. The molecule has 0 saturated heterocycles. The molecule has 4 nitrogen and oxygen atoms in total. The van der Waals surface area contributed by atoms with Gasteiger partial charge in [0.05, 0.1) is 6.33 Å². The number of anilines is 1. The van der Waals surface area contributed by atoms with Crippen molar-refractivity contribution in [2.24, 2.45) is 0 Å². The zero-order chi connectivity index (χ0) is 10.7. The molecule has 1 aromatic rings. The molecule has 0 bridgehead atoms. The Hall–Kier alpha value is -0.590. The predicted octanol–water partition coefficient (Wildman–Crippen LogP) is 2.12. The molecule has 0 radical (unpaired) electrons. The summed E-state index contributed by atoms with van der Waals surface area (Å²) in [5.74, 6) is 0.728. The summed E-state index contributed by atoms with van der Waals surface area (Å²) in [6.07, 6.45) is 7.71. The van der Waals surface area contributed by atoms with Crippen LogP contribution in [0.4, 0.5) is 5.82 Å². The number of aromatic amines is 1. The molecule has 1 saturated carbocycles. The molecule has 0 aliphatic heterocycles. The maximum atomic E-state index is 11.3. The van der Waals surface area contributed by atoms with Crippen LogP contribution in [0, 0.1) is 3.57 Å². The summed E-state index contributed by atoms with van der Waals surface area (Å²) >= 11 is 2.03. The Balaban J connectivity index is 2.09. The van der Waals surface area contributed by atoms with Crippen LogP contribution in [0.2, 0.25) is 0 Å². The summed E-state index contributed by atoms with van der Waals surface area (Å²) < 4.78 is 0.653. The third kappa shape index (κ3) is 2.70. The molecule has 0 aromatic carbocycles. The molecule has 15 heavy (non-hydrogen) atoms. The van der Waals surface area contributed by atoms with E-state index in [1.807, 2.05) is 22.6 Å². The largest absolute Gasteiger partial charge is 0.366 e. The van der Waals surface area contributed by atoms with Gasteiger partial charge in [-0.05, 0) is 35.4 Å². The van der Waals surface area contributed by atoms with Gasteiger partial charge in [0.1, 0.15) is 9.39 Å². The highest BCUT2D eigenvalue weighted by Gasteiger charge is 2.15. The van der Waals surface area contributed by atoms with Crippen molar-refractivity contribution >= 4 is 28.4 Å². The van der Waals surface area contributed by atoms with Gasteiger partial charge < -0.3 is 10.3 Å². The monoisotopic (exact) mass is 319 g/mol. The van der Waals surface area contributed by atoms with Crippen molar-refractivity contribution in [1.82, 2.24) is 9.97 Å². The van der Waals surface area contributed by atoms with E-state index in [-0.39, 0.29) is 5.56 Å². The summed E-state index contributed by atoms with van der Waals surface area (Å²) in [4.78, 5) is 18.1. The van der Waals surface area contributed by atoms with E-state index in [4.69, 9.17) is 0 Å². The second-order valence-corrected chi connectivity index (χ2v) is 4.95. The van der Waals surface area contributed by atoms with Gasteiger partial charge in [-0.3, -0.25) is 4.79 Å². The van der Waals surface area contributed by atoms with E-state index < -0.39 is 0 Å². The maximum Gasteiger partial charge on any atom is 0.266 e. The molecule has 0 spiro atoms. The SMILES string of the molecule is O=c1[nH]cnc(NC2CCCCC2)c1I. The predicted molar refractivity (Wildman–Crippen MR) is 68.1 cm³/mol. The molecule has 0 amide bonds. The lowest BCUT2D eigenvalue weighted by Gasteiger charge is -2.23. The fraction of sp³-hybridized carbons (Fsp3) is 0.600. The Morgan fingerprint density at radius 1 is 1.40 bits per heavy atom. The van der Waals surface area contributed by atoms with Crippen LogP contribution in [0.15, 0.2) is 11.1 Å². The van der Waals surface area contributed by atoms with Crippen LogP contribution in [-0.4, -0.2) is 16.0 Å². The van der Waals surface area contributed by atoms with E-state index in [2.05, 4.69) is 15.3 Å². The number of hydrogen-bond acceptors (Lipinski definition) is 3. The number of hydrogen-bond donors (Lipinski definition) is 2. The first-order valence-corrected chi connectivity index (χ1v) is 6.35. The lowest BCUT2D eigenvalue weighted by Crippen LogP contribution is -2.25. The molecular formula is C10H14IN3O. The van der Waals surface area contributed by atoms with Crippen molar-refractivity contribution in [3.63, 3.8) is 0 Å². The summed E-state index contributed by atoms with van der Waals surface area (Å²) in [7, 11) is 0. The van der Waals surface area contributed by atoms with Gasteiger partial charge in [-0.15, -0.1) is 0 Å². The first kappa shape index (κ1) is 10.9. The zero-order valence-corrected chi connectivity index (χ0v) is 10.6. The molecule has 0 unspecified atom stereocenters. The number of rotatable bonds is 2. The van der Waals surface area contributed by atoms with Gasteiger partial charge in [0, 0.05) is 6.04 Å². The Morgan fingerprint density at radius 3 is 2.87 bits per heavy atom. The summed E-state index contributed by atoms with van der Waals surface area (Å²) in [5, 5.41) is 3.35. The van der Waals surface area contributed by atoms with E-state index in [1.165, 1.54) is 38.4 Å². The molecule has 5 heteroatoms. The highest BCUT2D eigenvalue weighted by atomic mass is 127. The van der Waals surface area contributed by atoms with Crippen LogP contribution in [0.25, 0.3) is 0 Å². The third-order valence-corrected chi connectivity index (χ3v) is 3.74. The zero-order valence-electron chi connectivity index (χ0n) is 8.42. The fourth-order valence-electron chi connectivity index (χ4n) is 1.92. The van der Waals surface area contributed by atoms with Gasteiger partial charge in [0.25, 0.3) is 5.56 Å². The van der Waals surface area contributed by atoms with Gasteiger partial charge >= 0.3 is 0 Å². The number of H-pyrrole nitrogens is 1. The Morgan fingerprint density at radius 2 is 2.13 bits per heavy atom. The van der Waals surface area contributed by atoms with Crippen LogP contribution < -0.4 is 10.9 Å². The molecule has 82 valence electrons. The second-order valence-electron chi connectivity index (χ2n) is 3.87. The topological polar surface area (TPSA) is 57.8 Å². The Bertz CT molecular complexity index is 384. The van der Waals surface area contributed by atoms with Gasteiger partial charge in [-0.2, -0.15) is 0 Å². The average Bonchev–Trinajstić information content (AvgIpc) is 2.26. The van der Waals surface area contributed by atoms with Crippen LogP contribution in [-0.2, 0) is 0 Å². The molecule has 1 fully saturated rings. The van der Waals surface area contributed by atoms with Gasteiger partial charge in [0.2, 0.25) is 0 Å². The fourth-order valence-corrected chi connectivity index (χ4v) is 2.37. The molecule has 1 aromatic heterocycles. The molecule has 2 rings (SSSR count). The molecular weight excluding hydrogens is 305 g/mol. The number of halogens is 1. The van der Waals surface area contributed by atoms with Gasteiger partial charge in [-0.1, -0.05) is 19.3 Å². The minimum absolute atomic E-state index is 0.0658. The molecule has 2 N–H and O–H groups in total. The van der Waals surface area contributed by atoms with Crippen LogP contribution in [0.5, 0.6) is 0 Å². The summed E-state index contributed by atoms with van der Waals surface area (Å²) in [6.45, 7) is 0. The minimum Gasteiger partial charge on any atom is -0.366 e. The highest BCUT2D eigenvalue weighted by Crippen LogP contribution is 2.21. The molecule has 1 aliphatic rings. The van der Waals surface area contributed by atoms with E-state index in [0.29, 0.717) is 9.61 Å². The Labute approximate surface area is 102 Å². The molecule has 1 aliphatic carbocycles. The van der Waals surface area contributed by atoms with Crippen molar-refractivity contribution in [2.75, 3.05) is 5.32 Å². The van der Waals surface area contributed by atoms with E-state index in [0.717, 1.165) is 5.82 Å². The first-order chi connectivity index (χ1) is 7.27. The van der Waals surface area contributed by atoms with Crippen LogP contribution >= 0.6 is 22.6 Å². The summed E-state index contributed by atoms with van der Waals surface area (Å²) in [5.41, 5.74) is -0.0658. The minimum atomic E-state index is -0.0658. The molecule has 1 heterocycles. The lowest BCUT2D eigenvalue weighted by molar-refractivity contribution is 0.461. The van der Waals surface area contributed by atoms with Crippen molar-refractivity contribution < 1.29 is 0 Å². The van der Waals surface area contributed by atoms with Crippen molar-refractivity contribution in [3.05, 3.63) is 20.3 Å².